The van der Waals surface area contributed by atoms with Crippen LogP contribution in [0.2, 0.25) is 5.02 Å². The average Bonchev–Trinajstić information content (AvgIpc) is 3.44. The fraction of sp³-hybridized carbons (Fsp3) is 0.410. The van der Waals surface area contributed by atoms with E-state index in [4.69, 9.17) is 17.3 Å². The summed E-state index contributed by atoms with van der Waals surface area (Å²) in [5, 5.41) is 14.5. The van der Waals surface area contributed by atoms with Crippen molar-refractivity contribution in [3.05, 3.63) is 94.6 Å². The molecule has 0 saturated carbocycles. The van der Waals surface area contributed by atoms with Gasteiger partial charge in [0, 0.05) is 65.5 Å². The predicted octanol–water partition coefficient (Wildman–Crippen LogP) is 4.75. The Morgan fingerprint density at radius 3 is 2.27 bits per heavy atom. The number of halogens is 1. The van der Waals surface area contributed by atoms with Crippen molar-refractivity contribution in [3.8, 4) is 0 Å². The highest BCUT2D eigenvalue weighted by Crippen LogP contribution is 2.33. The van der Waals surface area contributed by atoms with E-state index in [-0.39, 0.29) is 30.7 Å². The number of unbranched alkanes of at least 4 members (excludes halogenated alkanes) is 1. The number of amides is 3. The van der Waals surface area contributed by atoms with Crippen LogP contribution in [-0.2, 0) is 40.9 Å². The topological polar surface area (TPSA) is 134 Å². The SMILES string of the molecule is CNCCC[C@@H]1NCc2ccccc2Sc2ccccc2CNC(=O)[C@H](Cc2cn(C)c3cc(Cl)ccc23)N(C)C(=O)[C@H](CCCCN)NC1=O. The molecular formula is C39H50ClN7O3S. The molecular weight excluding hydrogens is 682 g/mol. The monoisotopic (exact) mass is 731 g/mol. The van der Waals surface area contributed by atoms with Gasteiger partial charge in [-0.25, -0.2) is 0 Å². The van der Waals surface area contributed by atoms with Crippen molar-refractivity contribution in [2.24, 2.45) is 12.8 Å². The number of hydrogen-bond acceptors (Lipinski definition) is 7. The number of likely N-dealkylation sites (N-methyl/N-ethyl adjacent to an activating group) is 1. The first-order valence-corrected chi connectivity index (χ1v) is 18.9. The van der Waals surface area contributed by atoms with Crippen molar-refractivity contribution in [1.82, 2.24) is 30.7 Å². The molecule has 6 N–H and O–H groups in total. The molecule has 2 heterocycles. The molecule has 1 aliphatic rings. The van der Waals surface area contributed by atoms with Crippen LogP contribution in [0.5, 0.6) is 0 Å². The van der Waals surface area contributed by atoms with Gasteiger partial charge in [-0.1, -0.05) is 65.8 Å². The molecule has 0 unspecified atom stereocenters. The van der Waals surface area contributed by atoms with Gasteiger partial charge in [-0.3, -0.25) is 14.4 Å². The zero-order chi connectivity index (χ0) is 36.3. The van der Waals surface area contributed by atoms with Gasteiger partial charge in [0.2, 0.25) is 17.7 Å². The first kappa shape index (κ1) is 38.4. The van der Waals surface area contributed by atoms with E-state index < -0.39 is 18.1 Å². The van der Waals surface area contributed by atoms with Gasteiger partial charge in [-0.15, -0.1) is 0 Å². The van der Waals surface area contributed by atoms with Crippen molar-refractivity contribution in [3.63, 3.8) is 0 Å². The van der Waals surface area contributed by atoms with Gasteiger partial charge in [0.1, 0.15) is 12.1 Å². The number of aromatic nitrogens is 1. The molecule has 0 aliphatic carbocycles. The Morgan fingerprint density at radius 1 is 0.882 bits per heavy atom. The van der Waals surface area contributed by atoms with Gasteiger partial charge in [0.15, 0.2) is 0 Å². The van der Waals surface area contributed by atoms with E-state index in [1.54, 1.807) is 18.8 Å². The van der Waals surface area contributed by atoms with Crippen LogP contribution in [-0.4, -0.2) is 72.5 Å². The molecule has 272 valence electrons. The average molecular weight is 732 g/mol. The maximum Gasteiger partial charge on any atom is 0.245 e. The van der Waals surface area contributed by atoms with E-state index in [1.165, 1.54) is 4.90 Å². The number of benzene rings is 3. The fourth-order valence-corrected chi connectivity index (χ4v) is 7.84. The second-order valence-corrected chi connectivity index (χ2v) is 14.7. The van der Waals surface area contributed by atoms with Crippen molar-refractivity contribution in [2.75, 3.05) is 27.2 Å². The smallest absolute Gasteiger partial charge is 0.245 e. The maximum atomic E-state index is 14.5. The molecule has 3 amide bonds. The van der Waals surface area contributed by atoms with Crippen LogP contribution in [0.4, 0.5) is 0 Å². The minimum absolute atomic E-state index is 0.239. The largest absolute Gasteiger partial charge is 0.350 e. The Balaban J connectivity index is 1.55. The first-order valence-electron chi connectivity index (χ1n) is 17.7. The van der Waals surface area contributed by atoms with Gasteiger partial charge >= 0.3 is 0 Å². The van der Waals surface area contributed by atoms with Gasteiger partial charge < -0.3 is 36.5 Å². The third-order valence-corrected chi connectivity index (χ3v) is 11.0. The molecule has 0 spiro atoms. The van der Waals surface area contributed by atoms with E-state index in [2.05, 4.69) is 39.5 Å². The lowest BCUT2D eigenvalue weighted by molar-refractivity contribution is -0.142. The first-order chi connectivity index (χ1) is 24.7. The minimum Gasteiger partial charge on any atom is -0.350 e. The third-order valence-electron chi connectivity index (χ3n) is 9.52. The van der Waals surface area contributed by atoms with E-state index in [0.29, 0.717) is 43.8 Å². The molecule has 5 rings (SSSR count). The number of fused-ring (bicyclic) bond motifs is 3. The summed E-state index contributed by atoms with van der Waals surface area (Å²) in [5.41, 5.74) is 9.71. The summed E-state index contributed by atoms with van der Waals surface area (Å²) in [6, 6.07) is 19.7. The molecule has 10 nitrogen and oxygen atoms in total. The lowest BCUT2D eigenvalue weighted by Crippen LogP contribution is -2.57. The molecule has 12 heteroatoms. The number of nitrogens with zero attached hydrogens (tertiary/aromatic N) is 2. The van der Waals surface area contributed by atoms with Crippen LogP contribution < -0.4 is 27.0 Å². The molecule has 0 fully saturated rings. The molecule has 0 bridgehead atoms. The van der Waals surface area contributed by atoms with Crippen molar-refractivity contribution in [2.45, 2.75) is 79.5 Å². The Morgan fingerprint density at radius 2 is 1.57 bits per heavy atom. The summed E-state index contributed by atoms with van der Waals surface area (Å²) in [7, 11) is 5.49. The predicted molar refractivity (Wildman–Crippen MR) is 206 cm³/mol. The molecule has 1 aliphatic heterocycles. The van der Waals surface area contributed by atoms with Gasteiger partial charge in [-0.05, 0) is 93.2 Å². The quantitative estimate of drug-likeness (QED) is 0.149. The summed E-state index contributed by atoms with van der Waals surface area (Å²) >= 11 is 7.97. The standard InChI is InChI=1S/C39H50ClN7O3S/c1-42-20-10-14-31-37(48)45-32(13-8-9-19-41)39(50)47(3)34(21-28-25-46(2)33-22-29(40)17-18-30(28)33)38(49)44-24-27-12-5-7-16-36(27)51-35-15-6-4-11-26(35)23-43-31/h4-7,11-12,15-18,22,25,31-32,34,42-43H,8-10,13-14,19-21,23-24,41H2,1-3H3,(H,44,49)(H,45,48)/t31-,32-,34-/m0/s1. The van der Waals surface area contributed by atoms with Crippen LogP contribution >= 0.6 is 23.4 Å². The molecule has 51 heavy (non-hydrogen) atoms. The van der Waals surface area contributed by atoms with Gasteiger partial charge in [0.25, 0.3) is 0 Å². The zero-order valence-corrected chi connectivity index (χ0v) is 31.3. The van der Waals surface area contributed by atoms with Crippen molar-refractivity contribution >= 4 is 52.0 Å². The second-order valence-electron chi connectivity index (χ2n) is 13.2. The Bertz CT molecular complexity index is 1810. The van der Waals surface area contributed by atoms with Crippen molar-refractivity contribution in [1.29, 1.82) is 0 Å². The summed E-state index contributed by atoms with van der Waals surface area (Å²) in [5.74, 6) is -0.833. The van der Waals surface area contributed by atoms with Gasteiger partial charge in [-0.2, -0.15) is 0 Å². The van der Waals surface area contributed by atoms with E-state index >= 15 is 0 Å². The van der Waals surface area contributed by atoms with Crippen LogP contribution in [0.25, 0.3) is 10.9 Å². The highest BCUT2D eigenvalue weighted by Gasteiger charge is 2.34. The van der Waals surface area contributed by atoms with Crippen LogP contribution in [0.1, 0.15) is 48.8 Å². The van der Waals surface area contributed by atoms with E-state index in [9.17, 15) is 14.4 Å². The number of rotatable bonds is 10. The second kappa shape index (κ2) is 18.6. The number of nitrogens with two attached hydrogens (primary N) is 1. The van der Waals surface area contributed by atoms with Crippen LogP contribution in [0.15, 0.2) is 82.7 Å². The number of carbonyl (C=O) groups is 3. The molecule has 3 aromatic carbocycles. The lowest BCUT2D eigenvalue weighted by Gasteiger charge is -2.32. The lowest BCUT2D eigenvalue weighted by atomic mass is 10.0. The van der Waals surface area contributed by atoms with Gasteiger partial charge in [0.05, 0.1) is 6.04 Å². The number of nitrogens with one attached hydrogen (secondary N) is 4. The number of aryl methyl sites for hydroxylation is 1. The van der Waals surface area contributed by atoms with E-state index in [1.807, 2.05) is 73.4 Å². The highest BCUT2D eigenvalue weighted by molar-refractivity contribution is 7.99. The minimum atomic E-state index is -0.853. The van der Waals surface area contributed by atoms with Crippen LogP contribution in [0, 0.1) is 0 Å². The zero-order valence-electron chi connectivity index (χ0n) is 29.7. The van der Waals surface area contributed by atoms with Crippen LogP contribution in [0.3, 0.4) is 0 Å². The Labute approximate surface area is 310 Å². The molecule has 3 atom stereocenters. The van der Waals surface area contributed by atoms with Crippen molar-refractivity contribution < 1.29 is 14.4 Å². The molecule has 1 aromatic heterocycles. The maximum absolute atomic E-state index is 14.5. The fourth-order valence-electron chi connectivity index (χ4n) is 6.60. The summed E-state index contributed by atoms with van der Waals surface area (Å²) in [4.78, 5) is 46.4. The molecule has 0 saturated heterocycles. The Kier molecular flexibility index (Phi) is 14.0. The number of carbonyl (C=O) groups excluding carboxylic acids is 3. The third kappa shape index (κ3) is 9.93. The van der Waals surface area contributed by atoms with E-state index in [0.717, 1.165) is 50.3 Å². The normalized spacial score (nSPS) is 19.3. The summed E-state index contributed by atoms with van der Waals surface area (Å²) < 4.78 is 1.98. The molecule has 0 radical (unpaired) electrons. The number of hydrogen-bond donors (Lipinski definition) is 5. The Hall–Kier alpha value is -3.87. The highest BCUT2D eigenvalue weighted by atomic mass is 35.5. The molecule has 4 aromatic rings. The summed E-state index contributed by atoms with van der Waals surface area (Å²) in [6.07, 6.45) is 5.39. The summed E-state index contributed by atoms with van der Waals surface area (Å²) in [6.45, 7) is 2.00.